The number of aromatic nitrogens is 1. The van der Waals surface area contributed by atoms with Gasteiger partial charge >= 0.3 is 0 Å². The van der Waals surface area contributed by atoms with E-state index in [1.807, 2.05) is 6.92 Å². The maximum atomic E-state index is 12.8. The molecule has 2 heterocycles. The van der Waals surface area contributed by atoms with Crippen LogP contribution in [0.5, 0.6) is 11.5 Å². The van der Waals surface area contributed by atoms with Crippen molar-refractivity contribution in [1.82, 2.24) is 4.57 Å². The fourth-order valence-corrected chi connectivity index (χ4v) is 2.91. The topological polar surface area (TPSA) is 77.8 Å². The number of rotatable bonds is 8. The molecule has 0 unspecified atom stereocenters. The number of pyridine rings is 1. The van der Waals surface area contributed by atoms with E-state index >= 15 is 0 Å². The Morgan fingerprint density at radius 2 is 2.14 bits per heavy atom. The molecule has 146 valence electrons. The third-order valence-electron chi connectivity index (χ3n) is 4.30. The predicted octanol–water partition coefficient (Wildman–Crippen LogP) is 2.43. The summed E-state index contributed by atoms with van der Waals surface area (Å²) in [7, 11) is 0. The molecule has 0 atom stereocenters. The summed E-state index contributed by atoms with van der Waals surface area (Å²) in [6.07, 6.45) is 3.95. The molecule has 0 fully saturated rings. The smallest absolute Gasteiger partial charge is 0.293 e. The molecule has 1 aromatic heterocycles. The SMILES string of the molecule is C=CCN1C(=O)COc2ccc(C(=O)Cn3cccc(OCCC)c3=O)cc21. The normalized spacial score (nSPS) is 12.9. The third kappa shape index (κ3) is 3.98. The van der Waals surface area contributed by atoms with Crippen molar-refractivity contribution in [2.45, 2.75) is 19.9 Å². The van der Waals surface area contributed by atoms with Crippen molar-refractivity contribution < 1.29 is 19.1 Å². The van der Waals surface area contributed by atoms with Crippen molar-refractivity contribution in [1.29, 1.82) is 0 Å². The van der Waals surface area contributed by atoms with E-state index in [4.69, 9.17) is 9.47 Å². The second kappa shape index (κ2) is 8.56. The molecule has 2 aromatic rings. The molecule has 0 saturated heterocycles. The number of ketones is 1. The van der Waals surface area contributed by atoms with Gasteiger partial charge in [0, 0.05) is 18.3 Å². The van der Waals surface area contributed by atoms with Crippen molar-refractivity contribution in [3.63, 3.8) is 0 Å². The number of hydrogen-bond acceptors (Lipinski definition) is 5. The van der Waals surface area contributed by atoms with E-state index in [1.165, 1.54) is 9.47 Å². The van der Waals surface area contributed by atoms with Crippen LogP contribution in [-0.4, -0.2) is 36.0 Å². The van der Waals surface area contributed by atoms with E-state index in [0.717, 1.165) is 6.42 Å². The Bertz CT molecular complexity index is 964. The lowest BCUT2D eigenvalue weighted by Crippen LogP contribution is -2.39. The lowest BCUT2D eigenvalue weighted by molar-refractivity contribution is -0.121. The first-order valence-corrected chi connectivity index (χ1v) is 9.08. The Hall–Kier alpha value is -3.35. The van der Waals surface area contributed by atoms with Crippen molar-refractivity contribution in [3.8, 4) is 11.5 Å². The van der Waals surface area contributed by atoms with E-state index in [0.29, 0.717) is 30.2 Å². The number of carbonyl (C=O) groups is 2. The van der Waals surface area contributed by atoms with Gasteiger partial charge in [0.25, 0.3) is 11.5 Å². The van der Waals surface area contributed by atoms with Gasteiger partial charge in [-0.2, -0.15) is 0 Å². The summed E-state index contributed by atoms with van der Waals surface area (Å²) in [5.74, 6) is 0.298. The van der Waals surface area contributed by atoms with Gasteiger partial charge in [0.2, 0.25) is 0 Å². The summed E-state index contributed by atoms with van der Waals surface area (Å²) in [5.41, 5.74) is 0.557. The summed E-state index contributed by atoms with van der Waals surface area (Å²) in [5, 5.41) is 0. The molecule has 0 saturated carbocycles. The number of Topliss-reactive ketones (excluding diaryl/α,β-unsaturated/α-hetero) is 1. The maximum absolute atomic E-state index is 12.8. The van der Waals surface area contributed by atoms with E-state index in [9.17, 15) is 14.4 Å². The number of fused-ring (bicyclic) bond motifs is 1. The second-order valence-electron chi connectivity index (χ2n) is 6.34. The maximum Gasteiger partial charge on any atom is 0.293 e. The minimum atomic E-state index is -0.353. The van der Waals surface area contributed by atoms with Crippen LogP contribution >= 0.6 is 0 Å². The quantitative estimate of drug-likeness (QED) is 0.518. The molecule has 0 bridgehead atoms. The van der Waals surface area contributed by atoms with Gasteiger partial charge in [0.05, 0.1) is 18.8 Å². The highest BCUT2D eigenvalue weighted by Crippen LogP contribution is 2.33. The number of benzene rings is 1. The van der Waals surface area contributed by atoms with Crippen molar-refractivity contribution >= 4 is 17.4 Å². The van der Waals surface area contributed by atoms with Crippen LogP contribution < -0.4 is 19.9 Å². The molecule has 7 heteroatoms. The molecule has 0 spiro atoms. The Balaban J connectivity index is 1.85. The number of nitrogens with zero attached hydrogens (tertiary/aromatic N) is 2. The number of ether oxygens (including phenoxy) is 2. The first-order valence-electron chi connectivity index (χ1n) is 9.08. The molecule has 28 heavy (non-hydrogen) atoms. The monoisotopic (exact) mass is 382 g/mol. The first-order chi connectivity index (χ1) is 13.5. The zero-order valence-corrected chi connectivity index (χ0v) is 15.7. The predicted molar refractivity (Wildman–Crippen MR) is 105 cm³/mol. The van der Waals surface area contributed by atoms with E-state index < -0.39 is 0 Å². The van der Waals surface area contributed by atoms with Crippen LogP contribution in [-0.2, 0) is 11.3 Å². The van der Waals surface area contributed by atoms with Crippen LogP contribution in [0.1, 0.15) is 23.7 Å². The minimum absolute atomic E-state index is 0.0475. The number of hydrogen-bond donors (Lipinski definition) is 0. The summed E-state index contributed by atoms with van der Waals surface area (Å²) < 4.78 is 12.2. The van der Waals surface area contributed by atoms with Crippen LogP contribution in [0.25, 0.3) is 0 Å². The van der Waals surface area contributed by atoms with Crippen molar-refractivity contribution in [2.24, 2.45) is 0 Å². The highest BCUT2D eigenvalue weighted by atomic mass is 16.5. The van der Waals surface area contributed by atoms with Gasteiger partial charge in [-0.05, 0) is 36.8 Å². The van der Waals surface area contributed by atoms with Crippen LogP contribution in [0.15, 0.2) is 54.0 Å². The average Bonchev–Trinajstić information content (AvgIpc) is 2.70. The second-order valence-corrected chi connectivity index (χ2v) is 6.34. The van der Waals surface area contributed by atoms with Gasteiger partial charge in [-0.25, -0.2) is 0 Å². The largest absolute Gasteiger partial charge is 0.488 e. The first kappa shape index (κ1) is 19.4. The number of carbonyl (C=O) groups excluding carboxylic acids is 2. The third-order valence-corrected chi connectivity index (χ3v) is 4.30. The molecule has 0 aliphatic carbocycles. The lowest BCUT2D eigenvalue weighted by atomic mass is 10.1. The molecular weight excluding hydrogens is 360 g/mol. The molecule has 0 N–H and O–H groups in total. The van der Waals surface area contributed by atoms with Gasteiger partial charge in [-0.3, -0.25) is 14.4 Å². The lowest BCUT2D eigenvalue weighted by Gasteiger charge is -2.28. The van der Waals surface area contributed by atoms with Crippen molar-refractivity contribution in [2.75, 3.05) is 24.7 Å². The van der Waals surface area contributed by atoms with Gasteiger partial charge in [-0.15, -0.1) is 6.58 Å². The Labute approximate surface area is 162 Å². The van der Waals surface area contributed by atoms with Crippen molar-refractivity contribution in [3.05, 3.63) is 65.1 Å². The van der Waals surface area contributed by atoms with E-state index in [2.05, 4.69) is 6.58 Å². The average molecular weight is 382 g/mol. The fraction of sp³-hybridized carbons (Fsp3) is 0.286. The van der Waals surface area contributed by atoms with Gasteiger partial charge in [0.15, 0.2) is 18.1 Å². The minimum Gasteiger partial charge on any atom is -0.488 e. The zero-order chi connectivity index (χ0) is 20.1. The van der Waals surface area contributed by atoms with Gasteiger partial charge in [0.1, 0.15) is 5.75 Å². The van der Waals surface area contributed by atoms with Gasteiger partial charge in [-0.1, -0.05) is 13.0 Å². The van der Waals surface area contributed by atoms with Crippen LogP contribution in [0.4, 0.5) is 5.69 Å². The summed E-state index contributed by atoms with van der Waals surface area (Å²) in [6, 6.07) is 8.17. The van der Waals surface area contributed by atoms with Crippen LogP contribution in [0, 0.1) is 0 Å². The highest BCUT2D eigenvalue weighted by Gasteiger charge is 2.25. The standard InChI is InChI=1S/C21H22N2O5/c1-3-9-23-16-12-15(7-8-18(16)28-14-20(23)25)17(24)13-22-10-5-6-19(21(22)26)27-11-4-2/h3,5-8,10,12H,1,4,9,11,13-14H2,2H3. The van der Waals surface area contributed by atoms with E-state index in [-0.39, 0.29) is 36.2 Å². The Kier molecular flexibility index (Phi) is 5.93. The molecule has 1 aliphatic rings. The molecule has 3 rings (SSSR count). The molecule has 1 aliphatic heterocycles. The van der Waals surface area contributed by atoms with E-state index in [1.54, 1.807) is 42.6 Å². The molecule has 7 nitrogen and oxygen atoms in total. The zero-order valence-electron chi connectivity index (χ0n) is 15.7. The number of amides is 1. The Morgan fingerprint density at radius 1 is 1.32 bits per heavy atom. The summed E-state index contributed by atoms with van der Waals surface area (Å²) in [6.45, 7) is 6.20. The molecule has 1 amide bonds. The van der Waals surface area contributed by atoms with Crippen LogP contribution in [0.2, 0.25) is 0 Å². The fourth-order valence-electron chi connectivity index (χ4n) is 2.91. The molecular formula is C21H22N2O5. The number of anilines is 1. The summed E-state index contributed by atoms with van der Waals surface area (Å²) >= 11 is 0. The Morgan fingerprint density at radius 3 is 2.89 bits per heavy atom. The van der Waals surface area contributed by atoms with Crippen LogP contribution in [0.3, 0.4) is 0 Å². The summed E-state index contributed by atoms with van der Waals surface area (Å²) in [4.78, 5) is 38.8. The molecule has 1 aromatic carbocycles. The highest BCUT2D eigenvalue weighted by molar-refractivity contribution is 6.02. The van der Waals surface area contributed by atoms with Gasteiger partial charge < -0.3 is 18.9 Å². The molecule has 0 radical (unpaired) electrons.